The number of carbonyl (C=O) groups excluding carboxylic acids is 2. The summed E-state index contributed by atoms with van der Waals surface area (Å²) in [4.78, 5) is 27.9. The Morgan fingerprint density at radius 3 is 2.67 bits per heavy atom. The number of thiophene rings is 1. The van der Waals surface area contributed by atoms with Crippen molar-refractivity contribution in [3.63, 3.8) is 0 Å². The molecule has 0 aliphatic carbocycles. The van der Waals surface area contributed by atoms with Gasteiger partial charge in [0.15, 0.2) is 0 Å². The topological polar surface area (TPSA) is 49.4 Å². The van der Waals surface area contributed by atoms with Crippen molar-refractivity contribution >= 4 is 23.2 Å². The highest BCUT2D eigenvalue weighted by molar-refractivity contribution is 7.09. The van der Waals surface area contributed by atoms with E-state index in [2.05, 4.69) is 11.4 Å². The Balaban J connectivity index is 2.16. The van der Waals surface area contributed by atoms with Crippen LogP contribution in [0.4, 0.5) is 0 Å². The van der Waals surface area contributed by atoms with Gasteiger partial charge < -0.3 is 10.2 Å². The summed E-state index contributed by atoms with van der Waals surface area (Å²) in [5.41, 5.74) is -0.280. The molecule has 0 spiro atoms. The molecular formula is C16H24N2O2S. The van der Waals surface area contributed by atoms with Gasteiger partial charge in [-0.05, 0) is 30.2 Å². The van der Waals surface area contributed by atoms with Crippen molar-refractivity contribution in [2.75, 3.05) is 6.54 Å². The minimum atomic E-state index is -0.446. The Labute approximate surface area is 130 Å². The van der Waals surface area contributed by atoms with Gasteiger partial charge in [0, 0.05) is 23.9 Å². The van der Waals surface area contributed by atoms with E-state index in [-0.39, 0.29) is 23.3 Å². The molecule has 0 radical (unpaired) electrons. The van der Waals surface area contributed by atoms with E-state index in [4.69, 9.17) is 0 Å². The van der Waals surface area contributed by atoms with Crippen molar-refractivity contribution < 1.29 is 9.59 Å². The van der Waals surface area contributed by atoms with E-state index in [1.807, 2.05) is 44.0 Å². The number of nitrogens with one attached hydrogen (secondary N) is 1. The third-order valence-corrected chi connectivity index (χ3v) is 4.83. The van der Waals surface area contributed by atoms with Gasteiger partial charge in [0.2, 0.25) is 11.8 Å². The number of nitrogens with zero attached hydrogens (tertiary/aromatic N) is 1. The molecule has 116 valence electrons. The number of hydrogen-bond acceptors (Lipinski definition) is 3. The van der Waals surface area contributed by atoms with E-state index < -0.39 is 6.04 Å². The number of amides is 2. The minimum Gasteiger partial charge on any atom is -0.344 e. The van der Waals surface area contributed by atoms with E-state index in [0.717, 1.165) is 6.42 Å². The van der Waals surface area contributed by atoms with Crippen LogP contribution in [0.25, 0.3) is 0 Å². The van der Waals surface area contributed by atoms with E-state index in [9.17, 15) is 9.59 Å². The molecule has 1 fully saturated rings. The zero-order chi connectivity index (χ0) is 15.6. The average molecular weight is 308 g/mol. The van der Waals surface area contributed by atoms with Gasteiger partial charge in [-0.2, -0.15) is 0 Å². The van der Waals surface area contributed by atoms with Crippen LogP contribution in [0.2, 0.25) is 0 Å². The van der Waals surface area contributed by atoms with Crippen molar-refractivity contribution in [3.8, 4) is 0 Å². The monoisotopic (exact) mass is 308 g/mol. The molecule has 1 aromatic rings. The van der Waals surface area contributed by atoms with E-state index in [1.165, 1.54) is 4.88 Å². The van der Waals surface area contributed by atoms with Crippen molar-refractivity contribution in [2.45, 2.75) is 52.6 Å². The quantitative estimate of drug-likeness (QED) is 0.932. The van der Waals surface area contributed by atoms with Crippen LogP contribution < -0.4 is 5.32 Å². The fourth-order valence-electron chi connectivity index (χ4n) is 2.65. The highest BCUT2D eigenvalue weighted by atomic mass is 32.1. The van der Waals surface area contributed by atoms with E-state index >= 15 is 0 Å². The molecule has 1 aliphatic rings. The van der Waals surface area contributed by atoms with Crippen LogP contribution >= 0.6 is 11.3 Å². The first-order valence-electron chi connectivity index (χ1n) is 7.41. The average Bonchev–Trinajstić information content (AvgIpc) is 2.83. The Morgan fingerprint density at radius 1 is 1.38 bits per heavy atom. The van der Waals surface area contributed by atoms with Crippen LogP contribution in [0, 0.1) is 5.41 Å². The summed E-state index contributed by atoms with van der Waals surface area (Å²) in [5, 5.41) is 4.94. The van der Waals surface area contributed by atoms with Crippen LogP contribution in [-0.4, -0.2) is 35.3 Å². The highest BCUT2D eigenvalue weighted by Crippen LogP contribution is 2.25. The molecule has 1 aromatic heterocycles. The van der Waals surface area contributed by atoms with E-state index in [0.29, 0.717) is 13.0 Å². The Bertz CT molecular complexity index is 505. The number of hydrogen-bond donors (Lipinski definition) is 1. The summed E-state index contributed by atoms with van der Waals surface area (Å²) >= 11 is 1.71. The van der Waals surface area contributed by atoms with E-state index in [1.54, 1.807) is 11.3 Å². The van der Waals surface area contributed by atoms with Crippen molar-refractivity contribution in [3.05, 3.63) is 22.4 Å². The van der Waals surface area contributed by atoms with Crippen LogP contribution in [0.15, 0.2) is 17.5 Å². The van der Waals surface area contributed by atoms with Gasteiger partial charge in [-0.1, -0.05) is 26.8 Å². The fourth-order valence-corrected chi connectivity index (χ4v) is 3.34. The van der Waals surface area contributed by atoms with Gasteiger partial charge >= 0.3 is 0 Å². The Kier molecular flexibility index (Phi) is 4.71. The maximum absolute atomic E-state index is 12.8. The van der Waals surface area contributed by atoms with Crippen molar-refractivity contribution in [1.82, 2.24) is 10.2 Å². The molecule has 2 amide bonds. The lowest BCUT2D eigenvalue weighted by Gasteiger charge is -2.34. The smallest absolute Gasteiger partial charge is 0.245 e. The predicted molar refractivity (Wildman–Crippen MR) is 85.2 cm³/mol. The first-order chi connectivity index (χ1) is 9.79. The second-order valence-corrected chi connectivity index (χ2v) is 7.81. The van der Waals surface area contributed by atoms with Crippen molar-refractivity contribution in [1.29, 1.82) is 0 Å². The minimum absolute atomic E-state index is 0.0330. The zero-order valence-electron chi connectivity index (χ0n) is 13.2. The van der Waals surface area contributed by atoms with Gasteiger partial charge in [0.05, 0.1) is 0 Å². The molecule has 2 atom stereocenters. The van der Waals surface area contributed by atoms with Gasteiger partial charge in [-0.15, -0.1) is 11.3 Å². The summed E-state index contributed by atoms with van der Waals surface area (Å²) in [6, 6.07) is 3.61. The molecule has 1 N–H and O–H groups in total. The summed E-state index contributed by atoms with van der Waals surface area (Å²) in [6.07, 6.45) is 1.22. The molecule has 5 heteroatoms. The molecule has 1 saturated heterocycles. The molecule has 4 nitrogen and oxygen atoms in total. The predicted octanol–water partition coefficient (Wildman–Crippen LogP) is 2.44. The molecular weight excluding hydrogens is 284 g/mol. The Hall–Kier alpha value is -1.36. The first kappa shape index (κ1) is 16.0. The van der Waals surface area contributed by atoms with Crippen LogP contribution in [-0.2, 0) is 16.0 Å². The number of rotatable bonds is 3. The lowest BCUT2D eigenvalue weighted by Crippen LogP contribution is -2.53. The summed E-state index contributed by atoms with van der Waals surface area (Å²) < 4.78 is 0. The third-order valence-electron chi connectivity index (χ3n) is 3.89. The molecule has 2 unspecified atom stereocenters. The highest BCUT2D eigenvalue weighted by Gasteiger charge is 2.39. The van der Waals surface area contributed by atoms with Crippen LogP contribution in [0.3, 0.4) is 0 Å². The molecule has 0 aromatic carbocycles. The van der Waals surface area contributed by atoms with Crippen LogP contribution in [0.1, 0.15) is 39.0 Å². The normalized spacial score (nSPS) is 23.9. The molecule has 2 rings (SSSR count). The molecule has 0 bridgehead atoms. The lowest BCUT2D eigenvalue weighted by molar-refractivity contribution is -0.137. The molecule has 1 aliphatic heterocycles. The molecule has 21 heavy (non-hydrogen) atoms. The van der Waals surface area contributed by atoms with Gasteiger partial charge in [-0.3, -0.25) is 9.59 Å². The summed E-state index contributed by atoms with van der Waals surface area (Å²) in [5.74, 6) is 0.00630. The SMILES string of the molecule is CC1CC(=O)NC(C(C)(C)C)C(=O)N1CCc1cccs1. The number of carbonyl (C=O) groups is 2. The van der Waals surface area contributed by atoms with Gasteiger partial charge in [-0.25, -0.2) is 0 Å². The second-order valence-electron chi connectivity index (χ2n) is 6.78. The third kappa shape index (κ3) is 3.84. The maximum atomic E-state index is 12.8. The lowest BCUT2D eigenvalue weighted by atomic mass is 9.86. The fraction of sp³-hybridized carbons (Fsp3) is 0.625. The zero-order valence-corrected chi connectivity index (χ0v) is 14.0. The van der Waals surface area contributed by atoms with Crippen molar-refractivity contribution in [2.24, 2.45) is 5.41 Å². The summed E-state index contributed by atoms with van der Waals surface area (Å²) in [7, 11) is 0. The molecule has 2 heterocycles. The maximum Gasteiger partial charge on any atom is 0.245 e. The standard InChI is InChI=1S/C16H24N2O2S/c1-11-10-13(19)17-14(16(2,3)4)15(20)18(11)8-7-12-6-5-9-21-12/h5-6,9,11,14H,7-8,10H2,1-4H3,(H,17,19). The summed E-state index contributed by atoms with van der Waals surface area (Å²) in [6.45, 7) is 8.59. The molecule has 0 saturated carbocycles. The van der Waals surface area contributed by atoms with Gasteiger partial charge in [0.1, 0.15) is 6.04 Å². The second kappa shape index (κ2) is 6.18. The largest absolute Gasteiger partial charge is 0.344 e. The van der Waals surface area contributed by atoms with Crippen LogP contribution in [0.5, 0.6) is 0 Å². The Morgan fingerprint density at radius 2 is 2.10 bits per heavy atom. The first-order valence-corrected chi connectivity index (χ1v) is 8.29. The van der Waals surface area contributed by atoms with Gasteiger partial charge in [0.25, 0.3) is 0 Å².